The maximum atomic E-state index is 12.6. The van der Waals surface area contributed by atoms with Crippen LogP contribution in [0.5, 0.6) is 0 Å². The van der Waals surface area contributed by atoms with E-state index in [4.69, 9.17) is 34.8 Å². The van der Waals surface area contributed by atoms with Crippen molar-refractivity contribution in [3.8, 4) is 0 Å². The number of rotatable bonds is 6. The number of hydrazone groups is 1. The van der Waals surface area contributed by atoms with Gasteiger partial charge in [0.2, 0.25) is 0 Å². The lowest BCUT2D eigenvalue weighted by Crippen LogP contribution is -2.21. The number of hydrogen-bond donors (Lipinski definition) is 2. The van der Waals surface area contributed by atoms with Crippen molar-refractivity contribution < 1.29 is 13.2 Å². The first-order valence-electron chi connectivity index (χ1n) is 8.43. The molecule has 0 fully saturated rings. The zero-order valence-electron chi connectivity index (χ0n) is 15.1. The van der Waals surface area contributed by atoms with Crippen LogP contribution in [-0.2, 0) is 10.0 Å². The maximum Gasteiger partial charge on any atom is 0.273 e. The summed E-state index contributed by atoms with van der Waals surface area (Å²) in [7, 11) is -3.92. The largest absolute Gasteiger partial charge is 0.279 e. The van der Waals surface area contributed by atoms with Crippen molar-refractivity contribution in [2.24, 2.45) is 5.10 Å². The van der Waals surface area contributed by atoms with Gasteiger partial charge >= 0.3 is 0 Å². The van der Waals surface area contributed by atoms with Crippen LogP contribution < -0.4 is 10.1 Å². The highest BCUT2D eigenvalue weighted by molar-refractivity contribution is 7.92. The average molecular weight is 483 g/mol. The second kappa shape index (κ2) is 9.49. The number of hydrogen-bond acceptors (Lipinski definition) is 4. The van der Waals surface area contributed by atoms with Crippen molar-refractivity contribution in [3.05, 3.63) is 92.9 Å². The molecule has 0 aliphatic heterocycles. The SMILES string of the molecule is O=C(N/N=C/c1cccc(Cl)c1Cl)c1ccccc1NS(=O)(=O)c1ccc(Cl)cc1. The smallest absolute Gasteiger partial charge is 0.273 e. The lowest BCUT2D eigenvalue weighted by molar-refractivity contribution is 0.0956. The number of carbonyl (C=O) groups excluding carboxylic acids is 1. The third-order valence-electron chi connectivity index (χ3n) is 3.89. The molecule has 2 N–H and O–H groups in total. The number of nitrogens with zero attached hydrogens (tertiary/aromatic N) is 1. The van der Waals surface area contributed by atoms with Gasteiger partial charge in [-0.1, -0.05) is 59.1 Å². The minimum Gasteiger partial charge on any atom is -0.279 e. The number of sulfonamides is 1. The van der Waals surface area contributed by atoms with Crippen molar-refractivity contribution >= 4 is 62.6 Å². The van der Waals surface area contributed by atoms with Gasteiger partial charge in [-0.05, 0) is 42.5 Å². The van der Waals surface area contributed by atoms with Crippen molar-refractivity contribution in [3.63, 3.8) is 0 Å². The zero-order chi connectivity index (χ0) is 21.7. The standard InChI is InChI=1S/C20H14Cl3N3O3S/c21-14-8-10-15(11-9-14)30(28,29)26-18-7-2-1-5-16(18)20(27)25-24-12-13-4-3-6-17(22)19(13)23/h1-12,26H,(H,25,27)/b24-12+. The van der Waals surface area contributed by atoms with E-state index < -0.39 is 15.9 Å². The molecule has 1 amide bonds. The minimum atomic E-state index is -3.92. The van der Waals surface area contributed by atoms with E-state index in [1.807, 2.05) is 0 Å². The molecule has 30 heavy (non-hydrogen) atoms. The van der Waals surface area contributed by atoms with Crippen LogP contribution in [0, 0.1) is 0 Å². The average Bonchev–Trinajstić information content (AvgIpc) is 2.71. The van der Waals surface area contributed by atoms with Crippen LogP contribution in [0.3, 0.4) is 0 Å². The first-order chi connectivity index (χ1) is 14.3. The molecule has 0 atom stereocenters. The minimum absolute atomic E-state index is 0.00994. The monoisotopic (exact) mass is 481 g/mol. The third kappa shape index (κ3) is 5.31. The molecule has 0 radical (unpaired) electrons. The second-order valence-electron chi connectivity index (χ2n) is 5.95. The Hall–Kier alpha value is -2.58. The van der Waals surface area contributed by atoms with Crippen LogP contribution in [-0.4, -0.2) is 20.5 Å². The fourth-order valence-corrected chi connectivity index (χ4v) is 3.99. The van der Waals surface area contributed by atoms with Gasteiger partial charge < -0.3 is 0 Å². The number of carbonyl (C=O) groups is 1. The van der Waals surface area contributed by atoms with Gasteiger partial charge in [0.15, 0.2) is 0 Å². The first kappa shape index (κ1) is 22.1. The van der Waals surface area contributed by atoms with Crippen molar-refractivity contribution in [1.82, 2.24) is 5.43 Å². The molecule has 10 heteroatoms. The molecule has 3 aromatic rings. The van der Waals surface area contributed by atoms with E-state index in [0.29, 0.717) is 20.6 Å². The van der Waals surface area contributed by atoms with Crippen molar-refractivity contribution in [1.29, 1.82) is 0 Å². The zero-order valence-corrected chi connectivity index (χ0v) is 18.2. The fourth-order valence-electron chi connectivity index (χ4n) is 2.43. The molecule has 3 rings (SSSR count). The Morgan fingerprint density at radius 2 is 1.60 bits per heavy atom. The summed E-state index contributed by atoms with van der Waals surface area (Å²) in [4.78, 5) is 12.5. The van der Waals surface area contributed by atoms with Crippen LogP contribution in [0.4, 0.5) is 5.69 Å². The summed E-state index contributed by atoms with van der Waals surface area (Å²) >= 11 is 17.8. The van der Waals surface area contributed by atoms with Crippen molar-refractivity contribution in [2.75, 3.05) is 4.72 Å². The molecule has 0 heterocycles. The Bertz CT molecular complexity index is 1210. The van der Waals surface area contributed by atoms with Gasteiger partial charge in [0.05, 0.1) is 32.4 Å². The molecule has 0 aromatic heterocycles. The van der Waals surface area contributed by atoms with Gasteiger partial charge in [-0.15, -0.1) is 0 Å². The molecule has 154 valence electrons. The van der Waals surface area contributed by atoms with Crippen LogP contribution in [0.25, 0.3) is 0 Å². The summed E-state index contributed by atoms with van der Waals surface area (Å²) in [5.74, 6) is -0.612. The van der Waals surface area contributed by atoms with Crippen LogP contribution in [0.2, 0.25) is 15.1 Å². The molecule has 0 bridgehead atoms. The molecule has 0 unspecified atom stereocenters. The highest BCUT2D eigenvalue weighted by Gasteiger charge is 2.18. The van der Waals surface area contributed by atoms with E-state index in [1.165, 1.54) is 42.6 Å². The quantitative estimate of drug-likeness (QED) is 0.373. The molecule has 0 saturated carbocycles. The lowest BCUT2D eigenvalue weighted by atomic mass is 10.2. The van der Waals surface area contributed by atoms with Crippen LogP contribution in [0.1, 0.15) is 15.9 Å². The summed E-state index contributed by atoms with van der Waals surface area (Å²) in [6.45, 7) is 0. The number of anilines is 1. The summed E-state index contributed by atoms with van der Waals surface area (Å²) in [5, 5.41) is 4.93. The predicted molar refractivity (Wildman–Crippen MR) is 120 cm³/mol. The predicted octanol–water partition coefficient (Wildman–Crippen LogP) is 5.21. The Morgan fingerprint density at radius 1 is 0.900 bits per heavy atom. The molecule has 0 aliphatic carbocycles. The third-order valence-corrected chi connectivity index (χ3v) is 6.36. The van der Waals surface area contributed by atoms with E-state index in [1.54, 1.807) is 30.3 Å². The summed E-state index contributed by atoms with van der Waals surface area (Å²) in [6.07, 6.45) is 1.34. The van der Waals surface area contributed by atoms with Gasteiger partial charge in [0.1, 0.15) is 0 Å². The Labute approximate surface area is 188 Å². The molecular formula is C20H14Cl3N3O3S. The highest BCUT2D eigenvalue weighted by Crippen LogP contribution is 2.24. The Balaban J connectivity index is 1.79. The molecule has 0 aliphatic rings. The maximum absolute atomic E-state index is 12.6. The molecular weight excluding hydrogens is 469 g/mol. The van der Waals surface area contributed by atoms with Gasteiger partial charge in [-0.3, -0.25) is 9.52 Å². The fraction of sp³-hybridized carbons (Fsp3) is 0. The van der Waals surface area contributed by atoms with Gasteiger partial charge in [0, 0.05) is 10.6 Å². The van der Waals surface area contributed by atoms with Crippen LogP contribution >= 0.6 is 34.8 Å². The lowest BCUT2D eigenvalue weighted by Gasteiger charge is -2.12. The molecule has 3 aromatic carbocycles. The molecule has 0 saturated heterocycles. The van der Waals surface area contributed by atoms with Crippen molar-refractivity contribution in [2.45, 2.75) is 4.90 Å². The number of halogens is 3. The van der Waals surface area contributed by atoms with Crippen LogP contribution in [0.15, 0.2) is 76.7 Å². The van der Waals surface area contributed by atoms with Gasteiger partial charge in [0.25, 0.3) is 15.9 Å². The van der Waals surface area contributed by atoms with E-state index >= 15 is 0 Å². The Morgan fingerprint density at radius 3 is 2.33 bits per heavy atom. The topological polar surface area (TPSA) is 87.6 Å². The number of benzene rings is 3. The van der Waals surface area contributed by atoms with E-state index in [9.17, 15) is 13.2 Å². The summed E-state index contributed by atoms with van der Waals surface area (Å²) in [6, 6.07) is 16.8. The van der Waals surface area contributed by atoms with E-state index in [2.05, 4.69) is 15.2 Å². The highest BCUT2D eigenvalue weighted by atomic mass is 35.5. The number of para-hydroxylation sites is 1. The molecule has 6 nitrogen and oxygen atoms in total. The number of amides is 1. The van der Waals surface area contributed by atoms with E-state index in [-0.39, 0.29) is 16.1 Å². The van der Waals surface area contributed by atoms with Gasteiger partial charge in [-0.25, -0.2) is 13.8 Å². The van der Waals surface area contributed by atoms with Gasteiger partial charge in [-0.2, -0.15) is 5.10 Å². The summed E-state index contributed by atoms with van der Waals surface area (Å²) in [5.41, 5.74) is 3.04. The molecule has 0 spiro atoms. The van der Waals surface area contributed by atoms with E-state index in [0.717, 1.165) is 0 Å². The Kier molecular flexibility index (Phi) is 6.99. The number of nitrogens with one attached hydrogen (secondary N) is 2. The second-order valence-corrected chi connectivity index (χ2v) is 8.85. The summed E-state index contributed by atoms with van der Waals surface area (Å²) < 4.78 is 27.6. The first-order valence-corrected chi connectivity index (χ1v) is 11.0. The normalized spacial score (nSPS) is 11.4.